The first kappa shape index (κ1) is 21.3. The maximum atomic E-state index is 12.6. The Bertz CT molecular complexity index is 768. The zero-order valence-electron chi connectivity index (χ0n) is 17.7. The SMILES string of the molecule is Cc1cccc(N2C[C@@H](C(=O)O[C@@H](C)C(=O)NC3CCCCCC3)CC2=O)c1C. The summed E-state index contributed by atoms with van der Waals surface area (Å²) in [5.74, 6) is -1.36. The zero-order chi connectivity index (χ0) is 21.0. The van der Waals surface area contributed by atoms with Crippen molar-refractivity contribution in [1.82, 2.24) is 5.32 Å². The molecule has 0 unspecified atom stereocenters. The second-order valence-electron chi connectivity index (χ2n) is 8.40. The molecule has 0 aromatic heterocycles. The van der Waals surface area contributed by atoms with Gasteiger partial charge in [-0.05, 0) is 50.8 Å². The van der Waals surface area contributed by atoms with Crippen molar-refractivity contribution in [3.63, 3.8) is 0 Å². The van der Waals surface area contributed by atoms with E-state index in [0.717, 1.165) is 42.5 Å². The van der Waals surface area contributed by atoms with Crippen molar-refractivity contribution in [2.75, 3.05) is 11.4 Å². The summed E-state index contributed by atoms with van der Waals surface area (Å²) in [5.41, 5.74) is 2.97. The van der Waals surface area contributed by atoms with Crippen molar-refractivity contribution in [3.8, 4) is 0 Å². The number of carbonyl (C=O) groups is 3. The van der Waals surface area contributed by atoms with Gasteiger partial charge in [0.05, 0.1) is 5.92 Å². The Labute approximate surface area is 173 Å². The molecule has 2 atom stereocenters. The van der Waals surface area contributed by atoms with Gasteiger partial charge in [0.1, 0.15) is 0 Å². The molecule has 1 saturated heterocycles. The van der Waals surface area contributed by atoms with Gasteiger partial charge in [-0.3, -0.25) is 14.4 Å². The number of hydrogen-bond donors (Lipinski definition) is 1. The summed E-state index contributed by atoms with van der Waals surface area (Å²) in [4.78, 5) is 39.2. The lowest BCUT2D eigenvalue weighted by atomic mass is 10.1. The Morgan fingerprint density at radius 2 is 1.83 bits per heavy atom. The van der Waals surface area contributed by atoms with Gasteiger partial charge in [0.15, 0.2) is 6.10 Å². The molecule has 1 aliphatic heterocycles. The number of anilines is 1. The number of rotatable bonds is 5. The number of carbonyl (C=O) groups excluding carboxylic acids is 3. The van der Waals surface area contributed by atoms with Gasteiger partial charge < -0.3 is 15.0 Å². The normalized spacial score (nSPS) is 21.6. The molecule has 3 rings (SSSR count). The highest BCUT2D eigenvalue weighted by Crippen LogP contribution is 2.30. The van der Waals surface area contributed by atoms with Crippen LogP contribution in [0.25, 0.3) is 0 Å². The Morgan fingerprint density at radius 1 is 1.14 bits per heavy atom. The summed E-state index contributed by atoms with van der Waals surface area (Å²) < 4.78 is 5.43. The molecule has 1 aliphatic carbocycles. The molecule has 6 nitrogen and oxygen atoms in total. The number of aryl methyl sites for hydroxylation is 1. The minimum Gasteiger partial charge on any atom is -0.452 e. The van der Waals surface area contributed by atoms with Crippen molar-refractivity contribution in [1.29, 1.82) is 0 Å². The summed E-state index contributed by atoms with van der Waals surface area (Å²) in [5, 5.41) is 3.02. The van der Waals surface area contributed by atoms with Crippen molar-refractivity contribution < 1.29 is 19.1 Å². The van der Waals surface area contributed by atoms with Gasteiger partial charge >= 0.3 is 5.97 Å². The van der Waals surface area contributed by atoms with Crippen LogP contribution in [-0.2, 0) is 19.1 Å². The average Bonchev–Trinajstić information content (AvgIpc) is 2.89. The smallest absolute Gasteiger partial charge is 0.312 e. The molecule has 2 fully saturated rings. The summed E-state index contributed by atoms with van der Waals surface area (Å²) >= 11 is 0. The van der Waals surface area contributed by atoms with E-state index in [4.69, 9.17) is 4.74 Å². The Kier molecular flexibility index (Phi) is 6.93. The maximum Gasteiger partial charge on any atom is 0.312 e. The molecule has 1 N–H and O–H groups in total. The van der Waals surface area contributed by atoms with Crippen LogP contribution in [-0.4, -0.2) is 36.5 Å². The van der Waals surface area contributed by atoms with Crippen molar-refractivity contribution in [2.45, 2.75) is 77.9 Å². The number of benzene rings is 1. The molecule has 0 bridgehead atoms. The Morgan fingerprint density at radius 3 is 2.52 bits per heavy atom. The first-order valence-electron chi connectivity index (χ1n) is 10.7. The molecule has 0 spiro atoms. The van der Waals surface area contributed by atoms with Crippen LogP contribution < -0.4 is 10.2 Å². The molecule has 1 aromatic rings. The van der Waals surface area contributed by atoms with Crippen LogP contribution >= 0.6 is 0 Å². The number of nitrogens with one attached hydrogen (secondary N) is 1. The van der Waals surface area contributed by atoms with Crippen LogP contribution in [0.2, 0.25) is 0 Å². The fourth-order valence-corrected chi connectivity index (χ4v) is 4.19. The van der Waals surface area contributed by atoms with Crippen LogP contribution in [0.5, 0.6) is 0 Å². The van der Waals surface area contributed by atoms with E-state index in [1.54, 1.807) is 11.8 Å². The van der Waals surface area contributed by atoms with Gasteiger partial charge in [0.25, 0.3) is 5.91 Å². The quantitative estimate of drug-likeness (QED) is 0.607. The van der Waals surface area contributed by atoms with Gasteiger partial charge in [-0.25, -0.2) is 0 Å². The summed E-state index contributed by atoms with van der Waals surface area (Å²) in [6, 6.07) is 5.98. The minimum absolute atomic E-state index is 0.0868. The van der Waals surface area contributed by atoms with Gasteiger partial charge in [-0.1, -0.05) is 37.8 Å². The van der Waals surface area contributed by atoms with Crippen LogP contribution in [0, 0.1) is 19.8 Å². The van der Waals surface area contributed by atoms with Crippen LogP contribution in [0.15, 0.2) is 18.2 Å². The predicted molar refractivity (Wildman–Crippen MR) is 112 cm³/mol. The largest absolute Gasteiger partial charge is 0.452 e. The van der Waals surface area contributed by atoms with Crippen LogP contribution in [0.4, 0.5) is 5.69 Å². The summed E-state index contributed by atoms with van der Waals surface area (Å²) in [7, 11) is 0. The number of esters is 1. The molecule has 1 heterocycles. The highest BCUT2D eigenvalue weighted by Gasteiger charge is 2.38. The van der Waals surface area contributed by atoms with Gasteiger partial charge in [-0.15, -0.1) is 0 Å². The molecular formula is C23H32N2O4. The molecule has 1 aromatic carbocycles. The fourth-order valence-electron chi connectivity index (χ4n) is 4.19. The van der Waals surface area contributed by atoms with Gasteiger partial charge in [0.2, 0.25) is 5.91 Å². The Balaban J connectivity index is 1.55. The van der Waals surface area contributed by atoms with E-state index in [0.29, 0.717) is 6.54 Å². The second-order valence-corrected chi connectivity index (χ2v) is 8.40. The Hall–Kier alpha value is -2.37. The average molecular weight is 401 g/mol. The van der Waals surface area contributed by atoms with E-state index in [2.05, 4.69) is 5.32 Å². The first-order chi connectivity index (χ1) is 13.9. The highest BCUT2D eigenvalue weighted by atomic mass is 16.5. The molecule has 2 amide bonds. The van der Waals surface area contributed by atoms with E-state index >= 15 is 0 Å². The molecule has 29 heavy (non-hydrogen) atoms. The highest BCUT2D eigenvalue weighted by molar-refractivity contribution is 6.00. The standard InChI is InChI=1S/C23H32N2O4/c1-15-9-8-12-20(16(15)2)25-14-18(13-21(25)26)23(28)29-17(3)22(27)24-19-10-6-4-5-7-11-19/h8-9,12,17-19H,4-7,10-11,13-14H2,1-3H3,(H,24,27)/t17-,18-/m0/s1. The molecule has 2 aliphatic rings. The maximum absolute atomic E-state index is 12.6. The molecule has 6 heteroatoms. The third kappa shape index (κ3) is 5.17. The van der Waals surface area contributed by atoms with E-state index < -0.39 is 18.0 Å². The fraction of sp³-hybridized carbons (Fsp3) is 0.609. The van der Waals surface area contributed by atoms with Crippen molar-refractivity contribution in [3.05, 3.63) is 29.3 Å². The van der Waals surface area contributed by atoms with E-state index in [1.807, 2.05) is 32.0 Å². The van der Waals surface area contributed by atoms with E-state index in [1.165, 1.54) is 12.8 Å². The number of nitrogens with zero attached hydrogens (tertiary/aromatic N) is 1. The number of hydrogen-bond acceptors (Lipinski definition) is 4. The van der Waals surface area contributed by atoms with Crippen LogP contribution in [0.1, 0.15) is 63.0 Å². The van der Waals surface area contributed by atoms with E-state index in [-0.39, 0.29) is 24.3 Å². The third-order valence-electron chi connectivity index (χ3n) is 6.19. The minimum atomic E-state index is -0.851. The molecular weight excluding hydrogens is 368 g/mol. The lowest BCUT2D eigenvalue weighted by molar-refractivity contribution is -0.158. The first-order valence-corrected chi connectivity index (χ1v) is 10.7. The second kappa shape index (κ2) is 9.42. The van der Waals surface area contributed by atoms with Gasteiger partial charge in [0, 0.05) is 24.7 Å². The van der Waals surface area contributed by atoms with Crippen molar-refractivity contribution >= 4 is 23.5 Å². The topological polar surface area (TPSA) is 75.7 Å². The third-order valence-corrected chi connectivity index (χ3v) is 6.19. The van der Waals surface area contributed by atoms with E-state index in [9.17, 15) is 14.4 Å². The zero-order valence-corrected chi connectivity index (χ0v) is 17.7. The molecule has 0 radical (unpaired) electrons. The summed E-state index contributed by atoms with van der Waals surface area (Å²) in [6.45, 7) is 5.87. The predicted octanol–water partition coefficient (Wildman–Crippen LogP) is 3.43. The summed E-state index contributed by atoms with van der Waals surface area (Å²) in [6.07, 6.45) is 5.89. The molecule has 158 valence electrons. The van der Waals surface area contributed by atoms with Gasteiger partial charge in [-0.2, -0.15) is 0 Å². The van der Waals surface area contributed by atoms with Crippen molar-refractivity contribution in [2.24, 2.45) is 5.92 Å². The lowest BCUT2D eigenvalue weighted by Gasteiger charge is -2.21. The number of ether oxygens (including phenoxy) is 1. The molecule has 1 saturated carbocycles. The monoisotopic (exact) mass is 400 g/mol. The lowest BCUT2D eigenvalue weighted by Crippen LogP contribution is -2.42. The number of amides is 2. The van der Waals surface area contributed by atoms with Crippen LogP contribution in [0.3, 0.4) is 0 Å².